The lowest BCUT2D eigenvalue weighted by molar-refractivity contribution is -0.125. The van der Waals surface area contributed by atoms with Gasteiger partial charge in [-0.2, -0.15) is 13.2 Å². The Morgan fingerprint density at radius 2 is 1.77 bits per heavy atom. The van der Waals surface area contributed by atoms with Crippen molar-refractivity contribution in [2.24, 2.45) is 0 Å². The topological polar surface area (TPSA) is 12.0 Å². The maximum Gasteiger partial charge on any atom is 0.401 e. The first-order valence-corrected chi connectivity index (χ1v) is 3.89. The molecule has 1 N–H and O–H groups in total. The highest BCUT2D eigenvalue weighted by molar-refractivity contribution is 5.14. The van der Waals surface area contributed by atoms with Gasteiger partial charge >= 0.3 is 6.18 Å². The van der Waals surface area contributed by atoms with Crippen LogP contribution < -0.4 is 5.32 Å². The minimum Gasteiger partial charge on any atom is -0.305 e. The van der Waals surface area contributed by atoms with Crippen molar-refractivity contribution in [2.45, 2.75) is 12.7 Å². The van der Waals surface area contributed by atoms with Gasteiger partial charge in [0.05, 0.1) is 6.54 Å². The van der Waals surface area contributed by atoms with Crippen LogP contribution in [0.4, 0.5) is 13.2 Å². The Morgan fingerprint density at radius 1 is 1.15 bits per heavy atom. The molecule has 0 bridgehead atoms. The number of hydrogen-bond donors (Lipinski definition) is 1. The van der Waals surface area contributed by atoms with Crippen molar-refractivity contribution in [3.05, 3.63) is 35.9 Å². The van der Waals surface area contributed by atoms with Crippen LogP contribution in [0.15, 0.2) is 30.3 Å². The second-order valence-electron chi connectivity index (χ2n) is 2.70. The Bertz CT molecular complexity index is 248. The SMILES string of the molecule is FC(F)(F)CNCc1ccccc1.[HH]. The Labute approximate surface area is 76.1 Å². The molecule has 1 aromatic carbocycles. The van der Waals surface area contributed by atoms with Gasteiger partial charge < -0.3 is 5.32 Å². The summed E-state index contributed by atoms with van der Waals surface area (Å²) in [6.07, 6.45) is -4.13. The van der Waals surface area contributed by atoms with E-state index >= 15 is 0 Å². The Hall–Kier alpha value is -1.03. The summed E-state index contributed by atoms with van der Waals surface area (Å²) in [5, 5.41) is 2.32. The summed E-state index contributed by atoms with van der Waals surface area (Å²) in [7, 11) is 0. The highest BCUT2D eigenvalue weighted by atomic mass is 19.4. The number of benzene rings is 1. The lowest BCUT2D eigenvalue weighted by Crippen LogP contribution is -2.28. The van der Waals surface area contributed by atoms with Crippen LogP contribution in [0.5, 0.6) is 0 Å². The van der Waals surface area contributed by atoms with E-state index in [2.05, 4.69) is 5.32 Å². The zero-order chi connectivity index (χ0) is 9.73. The quantitative estimate of drug-likeness (QED) is 0.774. The predicted molar refractivity (Wildman–Crippen MR) is 46.3 cm³/mol. The summed E-state index contributed by atoms with van der Waals surface area (Å²) in [6.45, 7) is -0.692. The molecule has 0 fully saturated rings. The molecule has 0 saturated carbocycles. The van der Waals surface area contributed by atoms with Crippen molar-refractivity contribution in [2.75, 3.05) is 6.54 Å². The van der Waals surface area contributed by atoms with Gasteiger partial charge in [0.25, 0.3) is 0 Å². The molecule has 0 aromatic heterocycles. The average molecular weight is 191 g/mol. The number of halogens is 3. The first-order valence-electron chi connectivity index (χ1n) is 3.89. The molecule has 0 aliphatic rings. The third kappa shape index (κ3) is 4.52. The molecule has 4 heteroatoms. The van der Waals surface area contributed by atoms with Crippen LogP contribution in [-0.4, -0.2) is 12.7 Å². The van der Waals surface area contributed by atoms with Crippen LogP contribution in [0.2, 0.25) is 0 Å². The van der Waals surface area contributed by atoms with Crippen LogP contribution in [0.1, 0.15) is 6.99 Å². The molecule has 13 heavy (non-hydrogen) atoms. The van der Waals surface area contributed by atoms with E-state index in [-0.39, 0.29) is 7.97 Å². The molecular formula is C9H12F3N. The second kappa shape index (κ2) is 4.28. The Morgan fingerprint density at radius 3 is 2.31 bits per heavy atom. The van der Waals surface area contributed by atoms with Crippen LogP contribution in [0, 0.1) is 0 Å². The minimum absolute atomic E-state index is 0. The summed E-state index contributed by atoms with van der Waals surface area (Å²) in [4.78, 5) is 0. The number of nitrogens with one attached hydrogen (secondary N) is 1. The van der Waals surface area contributed by atoms with Gasteiger partial charge in [-0.15, -0.1) is 0 Å². The lowest BCUT2D eigenvalue weighted by atomic mass is 10.2. The van der Waals surface area contributed by atoms with Crippen molar-refractivity contribution in [1.82, 2.24) is 5.32 Å². The van der Waals surface area contributed by atoms with E-state index in [1.165, 1.54) is 0 Å². The molecule has 0 spiro atoms. The van der Waals surface area contributed by atoms with Crippen molar-refractivity contribution in [3.63, 3.8) is 0 Å². The predicted octanol–water partition coefficient (Wildman–Crippen LogP) is 2.58. The molecule has 0 atom stereocenters. The fraction of sp³-hybridized carbons (Fsp3) is 0.333. The van der Waals surface area contributed by atoms with Gasteiger partial charge in [0.15, 0.2) is 0 Å². The van der Waals surface area contributed by atoms with E-state index in [4.69, 9.17) is 0 Å². The highest BCUT2D eigenvalue weighted by Gasteiger charge is 2.25. The Balaban J connectivity index is 0.00000169. The summed E-state index contributed by atoms with van der Waals surface area (Å²) >= 11 is 0. The van der Waals surface area contributed by atoms with Crippen molar-refractivity contribution < 1.29 is 14.6 Å². The first kappa shape index (κ1) is 10.1. The zero-order valence-electron chi connectivity index (χ0n) is 6.93. The molecular weight excluding hydrogens is 179 g/mol. The summed E-state index contributed by atoms with van der Waals surface area (Å²) in [5.41, 5.74) is 0.853. The fourth-order valence-corrected chi connectivity index (χ4v) is 0.944. The first-order chi connectivity index (χ1) is 6.08. The maximum absolute atomic E-state index is 11.7. The number of alkyl halides is 3. The van der Waals surface area contributed by atoms with E-state index in [0.717, 1.165) is 5.56 Å². The van der Waals surface area contributed by atoms with Gasteiger partial charge in [0.1, 0.15) is 0 Å². The van der Waals surface area contributed by atoms with Crippen LogP contribution in [0.3, 0.4) is 0 Å². The molecule has 0 heterocycles. The smallest absolute Gasteiger partial charge is 0.305 e. The second-order valence-corrected chi connectivity index (χ2v) is 2.70. The number of hydrogen-bond acceptors (Lipinski definition) is 1. The van der Waals surface area contributed by atoms with E-state index in [1.807, 2.05) is 6.07 Å². The van der Waals surface area contributed by atoms with E-state index in [9.17, 15) is 13.2 Å². The van der Waals surface area contributed by atoms with E-state index in [1.54, 1.807) is 24.3 Å². The lowest BCUT2D eigenvalue weighted by Gasteiger charge is -2.07. The molecule has 0 amide bonds. The molecule has 1 rings (SSSR count). The average Bonchev–Trinajstić information content (AvgIpc) is 2.04. The van der Waals surface area contributed by atoms with Crippen LogP contribution in [0.25, 0.3) is 0 Å². The normalized spacial score (nSPS) is 11.6. The van der Waals surface area contributed by atoms with Crippen LogP contribution in [-0.2, 0) is 6.54 Å². The molecule has 74 valence electrons. The summed E-state index contributed by atoms with van der Waals surface area (Å²) in [5.74, 6) is 0. The summed E-state index contributed by atoms with van der Waals surface area (Å²) in [6, 6.07) is 8.98. The molecule has 0 saturated heterocycles. The highest BCUT2D eigenvalue weighted by Crippen LogP contribution is 2.12. The molecule has 0 radical (unpaired) electrons. The molecule has 1 aromatic rings. The van der Waals surface area contributed by atoms with Crippen molar-refractivity contribution in [3.8, 4) is 0 Å². The van der Waals surface area contributed by atoms with E-state index in [0.29, 0.717) is 0 Å². The fourth-order valence-electron chi connectivity index (χ4n) is 0.944. The largest absolute Gasteiger partial charge is 0.401 e. The minimum atomic E-state index is -4.13. The van der Waals surface area contributed by atoms with Gasteiger partial charge in [0, 0.05) is 7.97 Å². The zero-order valence-corrected chi connectivity index (χ0v) is 6.93. The van der Waals surface area contributed by atoms with Crippen LogP contribution >= 0.6 is 0 Å². The summed E-state index contributed by atoms with van der Waals surface area (Å²) < 4.78 is 35.1. The third-order valence-electron chi connectivity index (χ3n) is 1.50. The standard InChI is InChI=1S/C9H10F3N.H2/c10-9(11,12)7-13-6-8-4-2-1-3-5-8;/h1-5,13H,6-7H2;1H. The van der Waals surface area contributed by atoms with Gasteiger partial charge in [0.2, 0.25) is 0 Å². The monoisotopic (exact) mass is 191 g/mol. The molecule has 1 nitrogen and oxygen atoms in total. The van der Waals surface area contributed by atoms with E-state index < -0.39 is 12.7 Å². The van der Waals surface area contributed by atoms with Crippen molar-refractivity contribution in [1.29, 1.82) is 0 Å². The molecule has 0 aliphatic carbocycles. The van der Waals surface area contributed by atoms with Gasteiger partial charge in [-0.3, -0.25) is 0 Å². The third-order valence-corrected chi connectivity index (χ3v) is 1.50. The molecule has 0 unspecified atom stereocenters. The van der Waals surface area contributed by atoms with Gasteiger partial charge in [-0.1, -0.05) is 30.3 Å². The van der Waals surface area contributed by atoms with Crippen molar-refractivity contribution >= 4 is 0 Å². The maximum atomic E-state index is 11.7. The number of rotatable bonds is 3. The van der Waals surface area contributed by atoms with Gasteiger partial charge in [-0.25, -0.2) is 0 Å². The molecule has 0 aliphatic heterocycles. The van der Waals surface area contributed by atoms with Gasteiger partial charge in [-0.05, 0) is 5.56 Å². The Kier molecular flexibility index (Phi) is 3.31.